The molecule has 130 valence electrons. The summed E-state index contributed by atoms with van der Waals surface area (Å²) in [4.78, 5) is 25.1. The lowest BCUT2D eigenvalue weighted by molar-refractivity contribution is -0.185. The second kappa shape index (κ2) is 6.19. The van der Waals surface area contributed by atoms with E-state index in [1.165, 1.54) is 4.88 Å². The molecule has 1 amide bonds. The minimum Gasteiger partial charge on any atom is -0.352 e. The van der Waals surface area contributed by atoms with E-state index in [1.807, 2.05) is 11.0 Å². The molecule has 0 radical (unpaired) electrons. The lowest BCUT2D eigenvalue weighted by Gasteiger charge is -2.35. The number of thiophene rings is 1. The van der Waals surface area contributed by atoms with E-state index in [2.05, 4.69) is 16.9 Å². The van der Waals surface area contributed by atoms with Crippen LogP contribution >= 0.6 is 11.3 Å². The Bertz CT molecular complexity index is 766. The predicted molar refractivity (Wildman–Crippen MR) is 86.4 cm³/mol. The van der Waals surface area contributed by atoms with Gasteiger partial charge in [0.25, 0.3) is 0 Å². The average Bonchev–Trinajstić information content (AvgIpc) is 2.95. The van der Waals surface area contributed by atoms with Gasteiger partial charge in [-0.05, 0) is 19.4 Å². The van der Waals surface area contributed by atoms with E-state index in [0.29, 0.717) is 18.9 Å². The lowest BCUT2D eigenvalue weighted by atomic mass is 10.2. The quantitative estimate of drug-likeness (QED) is 0.828. The zero-order valence-corrected chi connectivity index (χ0v) is 14.2. The van der Waals surface area contributed by atoms with E-state index in [9.17, 15) is 18.0 Å². The van der Waals surface area contributed by atoms with E-state index in [1.54, 1.807) is 18.3 Å². The number of fused-ring (bicyclic) bond motifs is 1. The molecule has 2 aromatic rings. The number of amides is 1. The molecule has 1 fully saturated rings. The Hall–Kier alpha value is -1.90. The molecule has 1 aliphatic heterocycles. The van der Waals surface area contributed by atoms with Crippen molar-refractivity contribution in [1.82, 2.24) is 14.9 Å². The molecular formula is C15H17F3N4OS. The number of halogens is 3. The first-order valence-electron chi connectivity index (χ1n) is 7.67. The minimum absolute atomic E-state index is 0.0354. The molecule has 5 nitrogen and oxygen atoms in total. The molecule has 1 aliphatic rings. The number of aromatic nitrogens is 2. The standard InChI is InChI=1S/C15H17F3N4OS/c1-3-10-8-11-12(19-9(2)20-13(11)24-10)21-4-6-22(7-5-21)14(23)15(16,17)18/h8H,3-7H2,1-2H3. The summed E-state index contributed by atoms with van der Waals surface area (Å²) >= 11 is 1.61. The summed E-state index contributed by atoms with van der Waals surface area (Å²) in [5.41, 5.74) is 0. The van der Waals surface area contributed by atoms with Crippen molar-refractivity contribution >= 4 is 33.3 Å². The van der Waals surface area contributed by atoms with Gasteiger partial charge in [-0.15, -0.1) is 11.3 Å². The van der Waals surface area contributed by atoms with Crippen molar-refractivity contribution in [2.75, 3.05) is 31.1 Å². The summed E-state index contributed by atoms with van der Waals surface area (Å²) in [6.45, 7) is 4.58. The zero-order valence-electron chi connectivity index (χ0n) is 13.4. The Morgan fingerprint density at radius 1 is 1.25 bits per heavy atom. The highest BCUT2D eigenvalue weighted by atomic mass is 32.1. The number of anilines is 1. The third-order valence-corrected chi connectivity index (χ3v) is 5.17. The maximum atomic E-state index is 12.5. The van der Waals surface area contributed by atoms with Crippen LogP contribution < -0.4 is 4.90 Å². The van der Waals surface area contributed by atoms with Crippen molar-refractivity contribution in [3.8, 4) is 0 Å². The average molecular weight is 358 g/mol. The van der Waals surface area contributed by atoms with Gasteiger partial charge in [-0.25, -0.2) is 9.97 Å². The molecule has 9 heteroatoms. The summed E-state index contributed by atoms with van der Waals surface area (Å²) in [5, 5.41) is 0.929. The number of rotatable bonds is 2. The molecule has 2 aromatic heterocycles. The van der Waals surface area contributed by atoms with Crippen molar-refractivity contribution in [2.24, 2.45) is 0 Å². The van der Waals surface area contributed by atoms with Crippen molar-refractivity contribution in [3.05, 3.63) is 16.8 Å². The van der Waals surface area contributed by atoms with Crippen LogP contribution in [0.25, 0.3) is 10.2 Å². The highest BCUT2D eigenvalue weighted by Gasteiger charge is 2.43. The van der Waals surface area contributed by atoms with E-state index >= 15 is 0 Å². The van der Waals surface area contributed by atoms with Crippen LogP contribution in [0.15, 0.2) is 6.07 Å². The molecule has 3 rings (SSSR count). The second-order valence-electron chi connectivity index (χ2n) is 5.66. The van der Waals surface area contributed by atoms with Crippen molar-refractivity contribution < 1.29 is 18.0 Å². The Balaban J connectivity index is 1.83. The third-order valence-electron chi connectivity index (χ3n) is 3.99. The fourth-order valence-corrected chi connectivity index (χ4v) is 3.78. The SMILES string of the molecule is CCc1cc2c(N3CCN(C(=O)C(F)(F)F)CC3)nc(C)nc2s1. The molecule has 0 saturated carbocycles. The number of aryl methyl sites for hydroxylation is 2. The fraction of sp³-hybridized carbons (Fsp3) is 0.533. The summed E-state index contributed by atoms with van der Waals surface area (Å²) in [5.74, 6) is -0.390. The number of carbonyl (C=O) groups is 1. The van der Waals surface area contributed by atoms with Gasteiger partial charge < -0.3 is 9.80 Å². The maximum absolute atomic E-state index is 12.5. The highest BCUT2D eigenvalue weighted by Crippen LogP contribution is 2.32. The number of hydrogen-bond donors (Lipinski definition) is 0. The number of alkyl halides is 3. The van der Waals surface area contributed by atoms with E-state index in [4.69, 9.17) is 0 Å². The Morgan fingerprint density at radius 3 is 2.50 bits per heavy atom. The fourth-order valence-electron chi connectivity index (χ4n) is 2.78. The third kappa shape index (κ3) is 3.17. The molecule has 0 N–H and O–H groups in total. The summed E-state index contributed by atoms with van der Waals surface area (Å²) < 4.78 is 37.6. The molecule has 1 saturated heterocycles. The van der Waals surface area contributed by atoms with Gasteiger partial charge in [0, 0.05) is 31.1 Å². The number of piperazine rings is 1. The van der Waals surface area contributed by atoms with Gasteiger partial charge in [0.1, 0.15) is 16.5 Å². The summed E-state index contributed by atoms with van der Waals surface area (Å²) in [7, 11) is 0. The van der Waals surface area contributed by atoms with Crippen molar-refractivity contribution in [2.45, 2.75) is 26.4 Å². The molecule has 0 spiro atoms. The topological polar surface area (TPSA) is 49.3 Å². The van der Waals surface area contributed by atoms with Gasteiger partial charge in [-0.1, -0.05) is 6.92 Å². The maximum Gasteiger partial charge on any atom is 0.471 e. The van der Waals surface area contributed by atoms with Gasteiger partial charge in [-0.3, -0.25) is 4.79 Å². The smallest absolute Gasteiger partial charge is 0.352 e. The highest BCUT2D eigenvalue weighted by molar-refractivity contribution is 7.18. The lowest BCUT2D eigenvalue weighted by Crippen LogP contribution is -2.52. The van der Waals surface area contributed by atoms with Crippen LogP contribution in [-0.4, -0.2) is 53.1 Å². The first-order valence-corrected chi connectivity index (χ1v) is 8.49. The van der Waals surface area contributed by atoms with Gasteiger partial charge in [0.15, 0.2) is 0 Å². The molecule has 0 unspecified atom stereocenters. The molecule has 3 heterocycles. The predicted octanol–water partition coefficient (Wildman–Crippen LogP) is 2.77. The summed E-state index contributed by atoms with van der Waals surface area (Å²) in [6, 6.07) is 2.04. The Labute approximate surface area is 141 Å². The first kappa shape index (κ1) is 16.9. The molecule has 0 atom stereocenters. The summed E-state index contributed by atoms with van der Waals surface area (Å²) in [6.07, 6.45) is -3.92. The largest absolute Gasteiger partial charge is 0.471 e. The van der Waals surface area contributed by atoms with Crippen LogP contribution in [0, 0.1) is 6.92 Å². The molecule has 0 aliphatic carbocycles. The Morgan fingerprint density at radius 2 is 1.92 bits per heavy atom. The zero-order chi connectivity index (χ0) is 17.5. The molecule has 24 heavy (non-hydrogen) atoms. The number of hydrogen-bond acceptors (Lipinski definition) is 5. The molecule has 0 aromatic carbocycles. The van der Waals surface area contributed by atoms with Gasteiger partial charge in [0.2, 0.25) is 0 Å². The van der Waals surface area contributed by atoms with E-state index in [0.717, 1.165) is 27.4 Å². The minimum atomic E-state index is -4.82. The monoisotopic (exact) mass is 358 g/mol. The Kier molecular flexibility index (Phi) is 4.37. The van der Waals surface area contributed by atoms with Crippen LogP contribution in [0.3, 0.4) is 0 Å². The molecule has 0 bridgehead atoms. The van der Waals surface area contributed by atoms with Gasteiger partial charge in [0.05, 0.1) is 5.39 Å². The number of nitrogens with zero attached hydrogens (tertiary/aromatic N) is 4. The molecular weight excluding hydrogens is 341 g/mol. The van der Waals surface area contributed by atoms with E-state index < -0.39 is 12.1 Å². The van der Waals surface area contributed by atoms with Crippen molar-refractivity contribution in [3.63, 3.8) is 0 Å². The van der Waals surface area contributed by atoms with Crippen molar-refractivity contribution in [1.29, 1.82) is 0 Å². The van der Waals surface area contributed by atoms with Crippen LogP contribution in [-0.2, 0) is 11.2 Å². The number of carbonyl (C=O) groups excluding carboxylic acids is 1. The van der Waals surface area contributed by atoms with Crippen LogP contribution in [0.1, 0.15) is 17.6 Å². The van der Waals surface area contributed by atoms with Gasteiger partial charge in [-0.2, -0.15) is 13.2 Å². The van der Waals surface area contributed by atoms with Gasteiger partial charge >= 0.3 is 12.1 Å². The second-order valence-corrected chi connectivity index (χ2v) is 6.77. The van der Waals surface area contributed by atoms with Crippen LogP contribution in [0.4, 0.5) is 19.0 Å². The van der Waals surface area contributed by atoms with Crippen LogP contribution in [0.5, 0.6) is 0 Å². The van der Waals surface area contributed by atoms with E-state index in [-0.39, 0.29) is 13.1 Å². The normalized spacial score (nSPS) is 16.0. The van der Waals surface area contributed by atoms with Crippen LogP contribution in [0.2, 0.25) is 0 Å². The first-order chi connectivity index (χ1) is 11.3.